The van der Waals surface area contributed by atoms with Crippen LogP contribution in [-0.2, 0) is 24.3 Å². The zero-order valence-electron chi connectivity index (χ0n) is 18.0. The van der Waals surface area contributed by atoms with Crippen molar-refractivity contribution in [3.63, 3.8) is 0 Å². The van der Waals surface area contributed by atoms with Crippen molar-refractivity contribution in [1.82, 2.24) is 14.5 Å². The third kappa shape index (κ3) is 6.09. The van der Waals surface area contributed by atoms with Crippen LogP contribution in [0.15, 0.2) is 35.2 Å². The number of morpholine rings is 1. The largest absolute Gasteiger partial charge is 0.379 e. The van der Waals surface area contributed by atoms with Crippen molar-refractivity contribution in [3.8, 4) is 0 Å². The SMILES string of the molecule is CC(C)(C)NC(=O)C1CSCN1C(=O)/C=C/c1ccc(S(=O)(=O)N2CCOCC2)cc1. The van der Waals surface area contributed by atoms with Gasteiger partial charge in [0.25, 0.3) is 0 Å². The normalized spacial score (nSPS) is 20.9. The highest BCUT2D eigenvalue weighted by Crippen LogP contribution is 2.23. The second-order valence-corrected chi connectivity index (χ2v) is 11.4. The van der Waals surface area contributed by atoms with Gasteiger partial charge in [0, 0.05) is 30.5 Å². The number of benzene rings is 1. The van der Waals surface area contributed by atoms with Gasteiger partial charge in [0.05, 0.1) is 24.0 Å². The summed E-state index contributed by atoms with van der Waals surface area (Å²) in [4.78, 5) is 26.9. The lowest BCUT2D eigenvalue weighted by Crippen LogP contribution is -2.52. The van der Waals surface area contributed by atoms with Gasteiger partial charge in [0.1, 0.15) is 6.04 Å². The summed E-state index contributed by atoms with van der Waals surface area (Å²) in [6, 6.07) is 5.92. The molecular weight excluding hydrogens is 438 g/mol. The summed E-state index contributed by atoms with van der Waals surface area (Å²) >= 11 is 1.54. The van der Waals surface area contributed by atoms with E-state index in [4.69, 9.17) is 4.74 Å². The number of nitrogens with one attached hydrogen (secondary N) is 1. The van der Waals surface area contributed by atoms with E-state index in [1.807, 2.05) is 20.8 Å². The third-order valence-corrected chi connectivity index (χ3v) is 7.80. The summed E-state index contributed by atoms with van der Waals surface area (Å²) < 4.78 is 32.0. The van der Waals surface area contributed by atoms with Crippen LogP contribution in [0.3, 0.4) is 0 Å². The highest BCUT2D eigenvalue weighted by molar-refractivity contribution is 7.99. The van der Waals surface area contributed by atoms with Gasteiger partial charge in [-0.25, -0.2) is 8.42 Å². The standard InChI is InChI=1S/C21H29N3O5S2/c1-21(2,3)22-20(26)18-14-30-15-24(18)19(25)9-6-16-4-7-17(8-5-16)31(27,28)23-10-12-29-13-11-23/h4-9,18H,10-15H2,1-3H3,(H,22,26)/b9-6+. The molecule has 8 nitrogen and oxygen atoms in total. The van der Waals surface area contributed by atoms with E-state index in [1.54, 1.807) is 47.0 Å². The molecular formula is C21H29N3O5S2. The van der Waals surface area contributed by atoms with E-state index in [0.717, 1.165) is 0 Å². The van der Waals surface area contributed by atoms with Crippen LogP contribution in [0.1, 0.15) is 26.3 Å². The van der Waals surface area contributed by atoms with Crippen molar-refractivity contribution in [2.45, 2.75) is 37.2 Å². The lowest BCUT2D eigenvalue weighted by molar-refractivity contribution is -0.135. The molecule has 1 aromatic rings. The number of nitrogens with zero attached hydrogens (tertiary/aromatic N) is 2. The zero-order valence-corrected chi connectivity index (χ0v) is 19.7. The van der Waals surface area contributed by atoms with Gasteiger partial charge in [-0.2, -0.15) is 4.31 Å². The molecule has 0 spiro atoms. The summed E-state index contributed by atoms with van der Waals surface area (Å²) in [6.45, 7) is 7.19. The second kappa shape index (κ2) is 9.72. The van der Waals surface area contributed by atoms with Gasteiger partial charge in [0.2, 0.25) is 21.8 Å². The van der Waals surface area contributed by atoms with E-state index in [-0.39, 0.29) is 22.2 Å². The molecule has 2 aliphatic heterocycles. The topological polar surface area (TPSA) is 96.0 Å². The van der Waals surface area contributed by atoms with E-state index < -0.39 is 16.1 Å². The van der Waals surface area contributed by atoms with Crippen molar-refractivity contribution in [2.75, 3.05) is 37.9 Å². The molecule has 2 amide bonds. The molecule has 1 N–H and O–H groups in total. The molecule has 2 fully saturated rings. The van der Waals surface area contributed by atoms with Gasteiger partial charge >= 0.3 is 0 Å². The Morgan fingerprint density at radius 2 is 1.81 bits per heavy atom. The highest BCUT2D eigenvalue weighted by atomic mass is 32.2. The smallest absolute Gasteiger partial charge is 0.247 e. The first kappa shape index (κ1) is 23.8. The predicted octanol–water partition coefficient (Wildman–Crippen LogP) is 1.54. The van der Waals surface area contributed by atoms with Gasteiger partial charge in [-0.05, 0) is 44.5 Å². The Balaban J connectivity index is 1.65. The fraction of sp³-hybridized carbons (Fsp3) is 0.524. The third-order valence-electron chi connectivity index (χ3n) is 4.87. The number of thioether (sulfide) groups is 1. The first-order chi connectivity index (χ1) is 14.6. The zero-order chi connectivity index (χ0) is 22.6. The van der Waals surface area contributed by atoms with Gasteiger partial charge in [-0.15, -0.1) is 11.8 Å². The van der Waals surface area contributed by atoms with Gasteiger partial charge in [-0.1, -0.05) is 12.1 Å². The minimum absolute atomic E-state index is 0.156. The van der Waals surface area contributed by atoms with Crippen LogP contribution in [0.4, 0.5) is 0 Å². The van der Waals surface area contributed by atoms with Crippen LogP contribution in [-0.4, -0.2) is 79.0 Å². The maximum absolute atomic E-state index is 12.7. The molecule has 3 rings (SSSR count). The lowest BCUT2D eigenvalue weighted by Gasteiger charge is -2.27. The summed E-state index contributed by atoms with van der Waals surface area (Å²) in [7, 11) is -3.55. The van der Waals surface area contributed by atoms with Gasteiger partial charge < -0.3 is 15.0 Å². The second-order valence-electron chi connectivity index (χ2n) is 8.48. The number of ether oxygens (including phenoxy) is 1. The molecule has 170 valence electrons. The summed E-state index contributed by atoms with van der Waals surface area (Å²) in [6.07, 6.45) is 3.06. The Morgan fingerprint density at radius 1 is 1.16 bits per heavy atom. The number of hydrogen-bond donors (Lipinski definition) is 1. The molecule has 0 bridgehead atoms. The average molecular weight is 468 g/mol. The van der Waals surface area contributed by atoms with Crippen molar-refractivity contribution < 1.29 is 22.7 Å². The number of carbonyl (C=O) groups excluding carboxylic acids is 2. The fourth-order valence-corrected chi connectivity index (χ4v) is 5.85. The molecule has 2 heterocycles. The molecule has 0 saturated carbocycles. The number of carbonyl (C=O) groups is 2. The first-order valence-corrected chi connectivity index (χ1v) is 12.7. The van der Waals surface area contributed by atoms with Crippen molar-refractivity contribution in [1.29, 1.82) is 0 Å². The van der Waals surface area contributed by atoms with Crippen LogP contribution in [0.2, 0.25) is 0 Å². The molecule has 31 heavy (non-hydrogen) atoms. The van der Waals surface area contributed by atoms with Crippen molar-refractivity contribution >= 4 is 39.7 Å². The minimum atomic E-state index is -3.55. The number of hydrogen-bond acceptors (Lipinski definition) is 6. The van der Waals surface area contributed by atoms with Crippen molar-refractivity contribution in [2.24, 2.45) is 0 Å². The maximum atomic E-state index is 12.7. The van der Waals surface area contributed by atoms with Gasteiger partial charge in [-0.3, -0.25) is 9.59 Å². The lowest BCUT2D eigenvalue weighted by atomic mass is 10.1. The number of rotatable bonds is 5. The Morgan fingerprint density at radius 3 is 2.42 bits per heavy atom. The van der Waals surface area contributed by atoms with Crippen LogP contribution >= 0.6 is 11.8 Å². The van der Waals surface area contributed by atoms with E-state index in [2.05, 4.69) is 5.32 Å². The molecule has 1 unspecified atom stereocenters. The molecule has 1 atom stereocenters. The molecule has 1 aromatic carbocycles. The van der Waals surface area contributed by atoms with E-state index in [9.17, 15) is 18.0 Å². The van der Waals surface area contributed by atoms with E-state index in [0.29, 0.717) is 43.5 Å². The Kier molecular flexibility index (Phi) is 7.46. The van der Waals surface area contributed by atoms with Crippen LogP contribution in [0.25, 0.3) is 6.08 Å². The Labute approximate surface area is 188 Å². The molecule has 2 aliphatic rings. The van der Waals surface area contributed by atoms with Crippen LogP contribution in [0, 0.1) is 0 Å². The van der Waals surface area contributed by atoms with Gasteiger partial charge in [0.15, 0.2) is 0 Å². The van der Waals surface area contributed by atoms with Crippen LogP contribution < -0.4 is 5.32 Å². The molecule has 10 heteroatoms. The van der Waals surface area contributed by atoms with E-state index in [1.165, 1.54) is 10.4 Å². The monoisotopic (exact) mass is 467 g/mol. The first-order valence-electron chi connectivity index (χ1n) is 10.1. The molecule has 0 radical (unpaired) electrons. The predicted molar refractivity (Wildman–Crippen MR) is 121 cm³/mol. The summed E-state index contributed by atoms with van der Waals surface area (Å²) in [5, 5.41) is 2.93. The van der Waals surface area contributed by atoms with Crippen LogP contribution in [0.5, 0.6) is 0 Å². The Hall–Kier alpha value is -1.88. The Bertz CT molecular complexity index is 933. The molecule has 2 saturated heterocycles. The fourth-order valence-electron chi connectivity index (χ4n) is 3.28. The number of sulfonamides is 1. The quantitative estimate of drug-likeness (QED) is 0.660. The molecule has 0 aliphatic carbocycles. The summed E-state index contributed by atoms with van der Waals surface area (Å²) in [5.41, 5.74) is 0.342. The summed E-state index contributed by atoms with van der Waals surface area (Å²) in [5.74, 6) is 0.624. The van der Waals surface area contributed by atoms with Crippen molar-refractivity contribution in [3.05, 3.63) is 35.9 Å². The maximum Gasteiger partial charge on any atom is 0.247 e. The van der Waals surface area contributed by atoms with E-state index >= 15 is 0 Å². The molecule has 0 aromatic heterocycles. The number of amides is 2. The minimum Gasteiger partial charge on any atom is -0.379 e. The average Bonchev–Trinajstić information content (AvgIpc) is 3.22. The highest BCUT2D eigenvalue weighted by Gasteiger charge is 2.35.